The molecule has 0 N–H and O–H groups in total. The number of halogens is 5. The molecular weight excluding hydrogens is 277 g/mol. The van der Waals surface area contributed by atoms with E-state index in [4.69, 9.17) is 5.26 Å². The van der Waals surface area contributed by atoms with Gasteiger partial charge in [-0.3, -0.25) is 10.1 Å². The molecule has 0 aliphatic rings. The van der Waals surface area contributed by atoms with E-state index < -0.39 is 46.5 Å². The van der Waals surface area contributed by atoms with Crippen LogP contribution in [0.2, 0.25) is 0 Å². The lowest BCUT2D eigenvalue weighted by Gasteiger charge is -2.12. The minimum atomic E-state index is -5.02. The number of alkyl halides is 5. The van der Waals surface area contributed by atoms with Gasteiger partial charge < -0.3 is 0 Å². The Morgan fingerprint density at radius 1 is 1.47 bits per heavy atom. The van der Waals surface area contributed by atoms with Gasteiger partial charge in [-0.05, 0) is 0 Å². The highest BCUT2D eigenvalue weighted by Gasteiger charge is 2.40. The van der Waals surface area contributed by atoms with Crippen molar-refractivity contribution in [2.45, 2.75) is 19.0 Å². The third-order valence-corrected chi connectivity index (χ3v) is 2.14. The first-order valence-electron chi connectivity index (χ1n) is 4.58. The summed E-state index contributed by atoms with van der Waals surface area (Å²) in [6.45, 7) is 0. The maximum absolute atomic E-state index is 12.6. The lowest BCUT2D eigenvalue weighted by atomic mass is 10.0. The lowest BCUT2D eigenvalue weighted by Crippen LogP contribution is -2.14. The molecular formula is C9H4F5N3O2. The van der Waals surface area contributed by atoms with Gasteiger partial charge in [0.1, 0.15) is 0 Å². The third-order valence-electron chi connectivity index (χ3n) is 2.14. The lowest BCUT2D eigenvalue weighted by molar-refractivity contribution is -0.387. The fourth-order valence-corrected chi connectivity index (χ4v) is 1.42. The highest BCUT2D eigenvalue weighted by Crippen LogP contribution is 2.39. The normalized spacial score (nSPS) is 11.4. The second kappa shape index (κ2) is 5.13. The van der Waals surface area contributed by atoms with Crippen molar-refractivity contribution in [3.05, 3.63) is 33.1 Å². The molecule has 0 unspecified atom stereocenters. The van der Waals surface area contributed by atoms with E-state index >= 15 is 0 Å². The number of nitrogens with zero attached hydrogens (tertiary/aromatic N) is 3. The monoisotopic (exact) mass is 281 g/mol. The quantitative estimate of drug-likeness (QED) is 0.484. The van der Waals surface area contributed by atoms with Crippen molar-refractivity contribution in [3.8, 4) is 6.07 Å². The van der Waals surface area contributed by atoms with Crippen LogP contribution in [0.25, 0.3) is 0 Å². The van der Waals surface area contributed by atoms with Crippen LogP contribution in [0.5, 0.6) is 0 Å². The molecule has 5 nitrogen and oxygen atoms in total. The van der Waals surface area contributed by atoms with Gasteiger partial charge in [-0.2, -0.15) is 18.4 Å². The van der Waals surface area contributed by atoms with Crippen LogP contribution in [-0.2, 0) is 12.6 Å². The number of hydrogen-bond donors (Lipinski definition) is 0. The van der Waals surface area contributed by atoms with E-state index in [1.165, 1.54) is 6.07 Å². The molecule has 0 spiro atoms. The summed E-state index contributed by atoms with van der Waals surface area (Å²) >= 11 is 0. The fraction of sp³-hybridized carbons (Fsp3) is 0.333. The molecule has 0 atom stereocenters. The topological polar surface area (TPSA) is 79.8 Å². The number of pyridine rings is 1. The average molecular weight is 281 g/mol. The molecule has 10 heteroatoms. The Morgan fingerprint density at radius 3 is 2.42 bits per heavy atom. The van der Waals surface area contributed by atoms with Crippen LogP contribution in [-0.4, -0.2) is 9.91 Å². The summed E-state index contributed by atoms with van der Waals surface area (Å²) in [4.78, 5) is 12.1. The summed E-state index contributed by atoms with van der Waals surface area (Å²) < 4.78 is 62.8. The SMILES string of the molecule is N#CCc1c(C(F)(F)F)cnc(C(F)F)c1[N+](=O)[O-]. The predicted octanol–water partition coefficient (Wildman–Crippen LogP) is 3.01. The molecule has 0 aromatic carbocycles. The van der Waals surface area contributed by atoms with E-state index in [1.807, 2.05) is 0 Å². The molecule has 0 fully saturated rings. The second-order valence-corrected chi connectivity index (χ2v) is 3.27. The van der Waals surface area contributed by atoms with E-state index in [0.717, 1.165) is 0 Å². The van der Waals surface area contributed by atoms with Gasteiger partial charge in [0.15, 0.2) is 5.69 Å². The molecule has 1 aromatic rings. The minimum Gasteiger partial charge on any atom is -0.258 e. The van der Waals surface area contributed by atoms with Crippen LogP contribution in [0.1, 0.15) is 23.2 Å². The predicted molar refractivity (Wildman–Crippen MR) is 50.2 cm³/mol. The molecule has 0 saturated carbocycles. The molecule has 0 saturated heterocycles. The van der Waals surface area contributed by atoms with Crippen LogP contribution >= 0.6 is 0 Å². The molecule has 19 heavy (non-hydrogen) atoms. The first kappa shape index (κ1) is 14.7. The number of nitriles is 1. The van der Waals surface area contributed by atoms with Gasteiger partial charge in [0.2, 0.25) is 0 Å². The number of aromatic nitrogens is 1. The van der Waals surface area contributed by atoms with Gasteiger partial charge in [0.25, 0.3) is 6.43 Å². The van der Waals surface area contributed by atoms with E-state index in [1.54, 1.807) is 0 Å². The minimum absolute atomic E-state index is 0.0706. The summed E-state index contributed by atoms with van der Waals surface area (Å²) in [5, 5.41) is 19.1. The zero-order valence-corrected chi connectivity index (χ0v) is 8.91. The number of hydrogen-bond acceptors (Lipinski definition) is 4. The summed E-state index contributed by atoms with van der Waals surface area (Å²) in [6.07, 6.45) is -9.39. The Balaban J connectivity index is 3.69. The third kappa shape index (κ3) is 2.93. The van der Waals surface area contributed by atoms with Gasteiger partial charge in [-0.15, -0.1) is 0 Å². The molecule has 0 bridgehead atoms. The first-order chi connectivity index (χ1) is 8.70. The molecule has 0 amide bonds. The molecule has 1 heterocycles. The highest BCUT2D eigenvalue weighted by molar-refractivity contribution is 5.51. The van der Waals surface area contributed by atoms with Crippen LogP contribution in [0.15, 0.2) is 6.20 Å². The van der Waals surface area contributed by atoms with Crippen LogP contribution < -0.4 is 0 Å². The zero-order chi connectivity index (χ0) is 14.8. The fourth-order valence-electron chi connectivity index (χ4n) is 1.42. The summed E-state index contributed by atoms with van der Waals surface area (Å²) in [5.74, 6) is 0. The molecule has 0 aliphatic carbocycles. The summed E-state index contributed by atoms with van der Waals surface area (Å²) in [6, 6.07) is 1.28. The smallest absolute Gasteiger partial charge is 0.258 e. The second-order valence-electron chi connectivity index (χ2n) is 3.27. The van der Waals surface area contributed by atoms with Crippen molar-refractivity contribution in [2.75, 3.05) is 0 Å². The molecule has 1 aromatic heterocycles. The van der Waals surface area contributed by atoms with E-state index in [-0.39, 0.29) is 6.20 Å². The summed E-state index contributed by atoms with van der Waals surface area (Å²) in [5.41, 5.74) is -5.52. The molecule has 1 rings (SSSR count). The molecule has 102 valence electrons. The molecule has 0 aliphatic heterocycles. The number of nitro groups is 1. The Kier molecular flexibility index (Phi) is 3.98. The van der Waals surface area contributed by atoms with Gasteiger partial charge >= 0.3 is 11.9 Å². The van der Waals surface area contributed by atoms with E-state index in [2.05, 4.69) is 4.98 Å². The standard InChI is InChI=1S/C9H4F5N3O2/c10-8(11)6-7(17(18)19)4(1-2-15)5(3-16-6)9(12,13)14/h3,8H,1H2. The zero-order valence-electron chi connectivity index (χ0n) is 8.91. The van der Waals surface area contributed by atoms with Crippen molar-refractivity contribution in [1.82, 2.24) is 4.98 Å². The van der Waals surface area contributed by atoms with Gasteiger partial charge in [0, 0.05) is 6.20 Å². The van der Waals surface area contributed by atoms with Crippen LogP contribution in [0, 0.1) is 21.4 Å². The first-order valence-corrected chi connectivity index (χ1v) is 4.58. The largest absolute Gasteiger partial charge is 0.418 e. The van der Waals surface area contributed by atoms with E-state index in [9.17, 15) is 32.1 Å². The maximum atomic E-state index is 12.6. The van der Waals surface area contributed by atoms with Gasteiger partial charge in [-0.25, -0.2) is 13.8 Å². The highest BCUT2D eigenvalue weighted by atomic mass is 19.4. The Bertz CT molecular complexity index is 550. The average Bonchev–Trinajstić information content (AvgIpc) is 2.26. The van der Waals surface area contributed by atoms with Crippen molar-refractivity contribution >= 4 is 5.69 Å². The Morgan fingerprint density at radius 2 is 2.05 bits per heavy atom. The van der Waals surface area contributed by atoms with E-state index in [0.29, 0.717) is 0 Å². The van der Waals surface area contributed by atoms with Gasteiger partial charge in [0.05, 0.1) is 28.5 Å². The van der Waals surface area contributed by atoms with Crippen molar-refractivity contribution in [1.29, 1.82) is 5.26 Å². The Labute approximate surface area is 102 Å². The van der Waals surface area contributed by atoms with Crippen LogP contribution in [0.3, 0.4) is 0 Å². The summed E-state index contributed by atoms with van der Waals surface area (Å²) in [7, 11) is 0. The van der Waals surface area contributed by atoms with Crippen LogP contribution in [0.4, 0.5) is 27.6 Å². The van der Waals surface area contributed by atoms with Crippen molar-refractivity contribution in [3.63, 3.8) is 0 Å². The molecule has 0 radical (unpaired) electrons. The Hall–Kier alpha value is -2.31. The van der Waals surface area contributed by atoms with Crippen molar-refractivity contribution < 1.29 is 26.9 Å². The number of rotatable bonds is 3. The van der Waals surface area contributed by atoms with Gasteiger partial charge in [-0.1, -0.05) is 0 Å². The maximum Gasteiger partial charge on any atom is 0.418 e. The van der Waals surface area contributed by atoms with Crippen molar-refractivity contribution in [2.24, 2.45) is 0 Å².